The maximum atomic E-state index is 14.1. The highest BCUT2D eigenvalue weighted by Crippen LogP contribution is 2.65. The Hall–Kier alpha value is -2.48. The number of carbonyl (C=O) groups is 2. The molecule has 0 radical (unpaired) electrons. The van der Waals surface area contributed by atoms with Crippen molar-refractivity contribution in [3.8, 4) is 11.5 Å². The summed E-state index contributed by atoms with van der Waals surface area (Å²) in [7, 11) is 0. The normalized spacial score (nSPS) is 36.7. The molecule has 174 valence electrons. The molecule has 7 nitrogen and oxygen atoms in total. The lowest BCUT2D eigenvalue weighted by atomic mass is 9.49. The van der Waals surface area contributed by atoms with Gasteiger partial charge in [0.1, 0.15) is 17.1 Å². The lowest BCUT2D eigenvalue weighted by molar-refractivity contribution is -0.171. The van der Waals surface area contributed by atoms with Gasteiger partial charge in [-0.05, 0) is 31.9 Å². The summed E-state index contributed by atoms with van der Waals surface area (Å²) >= 11 is 0. The molecule has 3 aliphatic heterocycles. The van der Waals surface area contributed by atoms with Crippen LogP contribution in [-0.4, -0.2) is 72.1 Å². The Morgan fingerprint density at radius 1 is 1.27 bits per heavy atom. The molecule has 7 rings (SSSR count). The van der Waals surface area contributed by atoms with Crippen molar-refractivity contribution in [3.63, 3.8) is 0 Å². The highest BCUT2D eigenvalue weighted by atomic mass is 16.6. The van der Waals surface area contributed by atoms with Gasteiger partial charge < -0.3 is 24.8 Å². The molecule has 1 saturated carbocycles. The molecule has 33 heavy (non-hydrogen) atoms. The van der Waals surface area contributed by atoms with E-state index in [1.807, 2.05) is 26.0 Å². The Labute approximate surface area is 193 Å². The molecule has 3 fully saturated rings. The van der Waals surface area contributed by atoms with Crippen molar-refractivity contribution in [3.05, 3.63) is 47.1 Å². The van der Waals surface area contributed by atoms with Gasteiger partial charge in [-0.25, -0.2) is 0 Å². The van der Waals surface area contributed by atoms with Crippen molar-refractivity contribution in [2.75, 3.05) is 39.3 Å². The molecule has 2 saturated heterocycles. The number of ether oxygens (including phenoxy) is 2. The van der Waals surface area contributed by atoms with Crippen molar-refractivity contribution in [1.29, 1.82) is 0 Å². The topological polar surface area (TPSA) is 88.1 Å². The maximum absolute atomic E-state index is 14.1. The standard InChI is InChI=1S/C26H30N2O5/c1-15(2)6-7-25-24(31)16-12-18-23(30)22-20(29)4-3-5-21(22)33-26(18,25)19(14-32-25)17(16)13-28-10-8-27-9-11-28/h3-6,12,16-17,19,27,29H,7-11,13-14H2,1-2H3/t16-,17+,19-,25?,26-/m1/s1. The van der Waals surface area contributed by atoms with Gasteiger partial charge in [0.2, 0.25) is 0 Å². The molecule has 0 aromatic heterocycles. The van der Waals surface area contributed by atoms with E-state index in [9.17, 15) is 14.7 Å². The number of phenolic OH excluding ortho intramolecular Hbond substituents is 1. The average molecular weight is 451 g/mol. The van der Waals surface area contributed by atoms with E-state index in [1.54, 1.807) is 12.1 Å². The Kier molecular flexibility index (Phi) is 4.64. The van der Waals surface area contributed by atoms with Gasteiger partial charge in [-0.2, -0.15) is 0 Å². The quantitative estimate of drug-likeness (QED) is 0.680. The number of nitrogens with zero attached hydrogens (tertiary/aromatic N) is 1. The minimum atomic E-state index is -1.22. The van der Waals surface area contributed by atoms with Gasteiger partial charge >= 0.3 is 0 Å². The number of ketones is 2. The molecule has 1 aromatic rings. The van der Waals surface area contributed by atoms with Gasteiger partial charge in [0.25, 0.3) is 0 Å². The number of Topliss-reactive ketones (excluding diaryl/α,β-unsaturated/α-hetero) is 2. The number of rotatable bonds is 4. The molecule has 3 aliphatic carbocycles. The highest BCUT2D eigenvalue weighted by Gasteiger charge is 2.79. The van der Waals surface area contributed by atoms with Crippen molar-refractivity contribution in [1.82, 2.24) is 10.2 Å². The molecule has 1 spiro atoms. The second kappa shape index (κ2) is 7.26. The van der Waals surface area contributed by atoms with E-state index >= 15 is 0 Å². The number of nitrogens with one attached hydrogen (secondary N) is 1. The predicted octanol–water partition coefficient (Wildman–Crippen LogP) is 2.11. The van der Waals surface area contributed by atoms with Crippen LogP contribution in [0.25, 0.3) is 0 Å². The number of hydrogen-bond acceptors (Lipinski definition) is 7. The van der Waals surface area contributed by atoms with E-state index in [1.165, 1.54) is 6.07 Å². The molecule has 3 heterocycles. The third-order valence-corrected chi connectivity index (χ3v) is 8.28. The van der Waals surface area contributed by atoms with Crippen LogP contribution >= 0.6 is 0 Å². The van der Waals surface area contributed by atoms with E-state index in [-0.39, 0.29) is 34.7 Å². The minimum Gasteiger partial charge on any atom is -0.507 e. The third-order valence-electron chi connectivity index (χ3n) is 8.28. The van der Waals surface area contributed by atoms with Gasteiger partial charge in [-0.15, -0.1) is 0 Å². The van der Waals surface area contributed by atoms with E-state index in [0.717, 1.165) is 38.3 Å². The molecule has 7 heteroatoms. The van der Waals surface area contributed by atoms with Crippen LogP contribution in [0.15, 0.2) is 41.5 Å². The van der Waals surface area contributed by atoms with Crippen molar-refractivity contribution in [2.24, 2.45) is 17.8 Å². The summed E-state index contributed by atoms with van der Waals surface area (Å²) in [6.07, 6.45) is 4.24. The van der Waals surface area contributed by atoms with Gasteiger partial charge in [0, 0.05) is 56.6 Å². The molecule has 5 atom stereocenters. The molecule has 6 aliphatic rings. The van der Waals surface area contributed by atoms with Gasteiger partial charge in [-0.3, -0.25) is 9.59 Å². The van der Waals surface area contributed by atoms with Gasteiger partial charge in [0.15, 0.2) is 22.8 Å². The Bertz CT molecular complexity index is 1100. The van der Waals surface area contributed by atoms with Crippen molar-refractivity contribution >= 4 is 11.6 Å². The van der Waals surface area contributed by atoms with Crippen LogP contribution in [-0.2, 0) is 9.53 Å². The monoisotopic (exact) mass is 450 g/mol. The molecule has 1 unspecified atom stereocenters. The van der Waals surface area contributed by atoms with E-state index in [2.05, 4.69) is 10.2 Å². The smallest absolute Gasteiger partial charge is 0.200 e. The van der Waals surface area contributed by atoms with E-state index in [0.29, 0.717) is 24.4 Å². The molecule has 4 bridgehead atoms. The fourth-order valence-corrected chi connectivity index (χ4v) is 6.76. The summed E-state index contributed by atoms with van der Waals surface area (Å²) < 4.78 is 13.1. The first-order valence-corrected chi connectivity index (χ1v) is 11.9. The van der Waals surface area contributed by atoms with Crippen LogP contribution in [0.1, 0.15) is 30.6 Å². The first-order valence-electron chi connectivity index (χ1n) is 11.9. The molecule has 2 N–H and O–H groups in total. The SMILES string of the molecule is CC(C)=CCC12OC[C@@H]3[C@@H](CN4CCNCC4)[C@@H](C=C4C(=O)c5c(O)cccc5O[C@]431)C2=O. The van der Waals surface area contributed by atoms with Crippen molar-refractivity contribution in [2.45, 2.75) is 31.5 Å². The van der Waals surface area contributed by atoms with Crippen LogP contribution in [0.5, 0.6) is 11.5 Å². The zero-order valence-corrected chi connectivity index (χ0v) is 19.1. The Balaban J connectivity index is 1.51. The fraction of sp³-hybridized carbons (Fsp3) is 0.538. The summed E-state index contributed by atoms with van der Waals surface area (Å²) in [4.78, 5) is 30.2. The second-order valence-corrected chi connectivity index (χ2v) is 10.2. The zero-order valence-electron chi connectivity index (χ0n) is 19.1. The lowest BCUT2D eigenvalue weighted by Crippen LogP contribution is -2.74. The maximum Gasteiger partial charge on any atom is 0.200 e. The summed E-state index contributed by atoms with van der Waals surface area (Å²) in [5.74, 6) is -0.463. The Morgan fingerprint density at radius 2 is 2.06 bits per heavy atom. The molecule has 1 aromatic carbocycles. The number of benzene rings is 1. The molecule has 0 amide bonds. The number of carbonyl (C=O) groups excluding carboxylic acids is 2. The van der Waals surface area contributed by atoms with Gasteiger partial charge in [0.05, 0.1) is 6.61 Å². The molecular formula is C26H30N2O5. The predicted molar refractivity (Wildman–Crippen MR) is 121 cm³/mol. The Morgan fingerprint density at radius 3 is 2.82 bits per heavy atom. The largest absolute Gasteiger partial charge is 0.507 e. The van der Waals surface area contributed by atoms with Crippen LogP contribution in [0.3, 0.4) is 0 Å². The average Bonchev–Trinajstić information content (AvgIpc) is 3.08. The number of piperazine rings is 1. The summed E-state index contributed by atoms with van der Waals surface area (Å²) in [6, 6.07) is 4.89. The zero-order chi connectivity index (χ0) is 23.0. The van der Waals surface area contributed by atoms with Crippen LogP contribution in [0, 0.1) is 17.8 Å². The number of hydrogen-bond donors (Lipinski definition) is 2. The first-order chi connectivity index (χ1) is 15.9. The summed E-state index contributed by atoms with van der Waals surface area (Å²) in [6.45, 7) is 8.90. The first kappa shape index (κ1) is 21.1. The number of aromatic hydroxyl groups is 1. The van der Waals surface area contributed by atoms with E-state index in [4.69, 9.17) is 9.47 Å². The van der Waals surface area contributed by atoms with Crippen LogP contribution in [0.2, 0.25) is 0 Å². The second-order valence-electron chi connectivity index (χ2n) is 10.2. The summed E-state index contributed by atoms with van der Waals surface area (Å²) in [5, 5.41) is 13.8. The third kappa shape index (κ3) is 2.67. The van der Waals surface area contributed by atoms with Crippen LogP contribution in [0.4, 0.5) is 0 Å². The van der Waals surface area contributed by atoms with Crippen LogP contribution < -0.4 is 10.1 Å². The van der Waals surface area contributed by atoms with E-state index < -0.39 is 17.1 Å². The number of phenols is 1. The van der Waals surface area contributed by atoms with Crippen molar-refractivity contribution < 1.29 is 24.2 Å². The minimum absolute atomic E-state index is 0.0216. The molecular weight excluding hydrogens is 420 g/mol. The fourth-order valence-electron chi connectivity index (χ4n) is 6.76. The lowest BCUT2D eigenvalue weighted by Gasteiger charge is -2.58. The highest BCUT2D eigenvalue weighted by molar-refractivity contribution is 6.18. The number of fused-ring (bicyclic) bond motifs is 1. The number of allylic oxidation sites excluding steroid dienone is 2. The van der Waals surface area contributed by atoms with Gasteiger partial charge in [-0.1, -0.05) is 23.8 Å². The summed E-state index contributed by atoms with van der Waals surface area (Å²) in [5.41, 5.74) is -0.624.